The van der Waals surface area contributed by atoms with Crippen molar-refractivity contribution in [2.75, 3.05) is 24.6 Å². The number of hydrogen-bond acceptors (Lipinski definition) is 3. The van der Waals surface area contributed by atoms with Crippen LogP contribution in [0.2, 0.25) is 0 Å². The third-order valence-corrected chi connectivity index (χ3v) is 3.12. The third kappa shape index (κ3) is 5.08. The topological polar surface area (TPSA) is 46.3 Å². The van der Waals surface area contributed by atoms with Crippen LogP contribution in [0.15, 0.2) is 0 Å². The first-order valence-electron chi connectivity index (χ1n) is 4.81. The standard InChI is InChI=1S/C9H18N2OS.ClH/c1-8(10)2-3-9(12)11-4-6-13-7-5-11;/h8H,2-7,10H2,1H3;1H. The normalized spacial score (nSPS) is 18.6. The maximum absolute atomic E-state index is 11.6. The quantitative estimate of drug-likeness (QED) is 0.802. The van der Waals surface area contributed by atoms with E-state index in [4.69, 9.17) is 5.73 Å². The smallest absolute Gasteiger partial charge is 0.222 e. The molecule has 1 rings (SSSR count). The average molecular weight is 239 g/mol. The summed E-state index contributed by atoms with van der Waals surface area (Å²) in [6.07, 6.45) is 1.42. The predicted octanol–water partition coefficient (Wildman–Crippen LogP) is 1.11. The van der Waals surface area contributed by atoms with Gasteiger partial charge in [-0.1, -0.05) is 0 Å². The fourth-order valence-electron chi connectivity index (χ4n) is 1.32. The van der Waals surface area contributed by atoms with E-state index < -0.39 is 0 Å². The zero-order chi connectivity index (χ0) is 9.68. The van der Waals surface area contributed by atoms with Crippen LogP contribution in [0, 0.1) is 0 Å². The van der Waals surface area contributed by atoms with E-state index in [9.17, 15) is 4.79 Å². The molecule has 14 heavy (non-hydrogen) atoms. The fourth-order valence-corrected chi connectivity index (χ4v) is 2.23. The summed E-state index contributed by atoms with van der Waals surface area (Å²) in [7, 11) is 0. The number of nitrogens with zero attached hydrogens (tertiary/aromatic N) is 1. The summed E-state index contributed by atoms with van der Waals surface area (Å²) in [4.78, 5) is 13.5. The Morgan fingerprint density at radius 2 is 2.07 bits per heavy atom. The van der Waals surface area contributed by atoms with Gasteiger partial charge in [-0.25, -0.2) is 0 Å². The van der Waals surface area contributed by atoms with Crippen molar-refractivity contribution < 1.29 is 4.79 Å². The lowest BCUT2D eigenvalue weighted by Gasteiger charge is -2.26. The number of rotatable bonds is 3. The Morgan fingerprint density at radius 1 is 1.50 bits per heavy atom. The second-order valence-electron chi connectivity index (χ2n) is 3.51. The van der Waals surface area contributed by atoms with Gasteiger partial charge in [0.2, 0.25) is 5.91 Å². The van der Waals surface area contributed by atoms with Gasteiger partial charge in [0, 0.05) is 37.1 Å². The van der Waals surface area contributed by atoms with E-state index in [-0.39, 0.29) is 24.4 Å². The number of carbonyl (C=O) groups excluding carboxylic acids is 1. The van der Waals surface area contributed by atoms with E-state index in [1.165, 1.54) is 0 Å². The van der Waals surface area contributed by atoms with Crippen molar-refractivity contribution in [3.8, 4) is 0 Å². The Hall–Kier alpha value is 0.0700. The maximum Gasteiger partial charge on any atom is 0.222 e. The SMILES string of the molecule is CC(N)CCC(=O)N1CCSCC1.Cl. The molecule has 1 atom stereocenters. The number of halogens is 1. The molecule has 0 radical (unpaired) electrons. The Balaban J connectivity index is 0.00000169. The Labute approximate surface area is 96.2 Å². The summed E-state index contributed by atoms with van der Waals surface area (Å²) in [6, 6.07) is 0.142. The first kappa shape index (κ1) is 14.1. The van der Waals surface area contributed by atoms with Crippen molar-refractivity contribution in [1.82, 2.24) is 4.90 Å². The van der Waals surface area contributed by atoms with Crippen molar-refractivity contribution in [1.29, 1.82) is 0 Å². The summed E-state index contributed by atoms with van der Waals surface area (Å²) in [5.41, 5.74) is 5.60. The lowest BCUT2D eigenvalue weighted by molar-refractivity contribution is -0.131. The molecule has 1 heterocycles. The predicted molar refractivity (Wildman–Crippen MR) is 64.0 cm³/mol. The van der Waals surface area contributed by atoms with Crippen LogP contribution < -0.4 is 5.73 Å². The number of hydrogen-bond donors (Lipinski definition) is 1. The first-order valence-corrected chi connectivity index (χ1v) is 5.96. The minimum atomic E-state index is 0. The summed E-state index contributed by atoms with van der Waals surface area (Å²) < 4.78 is 0. The molecule has 2 N–H and O–H groups in total. The minimum absolute atomic E-state index is 0. The molecule has 1 aliphatic heterocycles. The molecule has 0 spiro atoms. The van der Waals surface area contributed by atoms with Crippen molar-refractivity contribution in [2.24, 2.45) is 5.73 Å². The van der Waals surface area contributed by atoms with Crippen LogP contribution in [-0.2, 0) is 4.79 Å². The molecule has 0 aromatic heterocycles. The van der Waals surface area contributed by atoms with E-state index >= 15 is 0 Å². The summed E-state index contributed by atoms with van der Waals surface area (Å²) >= 11 is 1.92. The molecule has 3 nitrogen and oxygen atoms in total. The number of thioether (sulfide) groups is 1. The van der Waals surface area contributed by atoms with E-state index in [0.717, 1.165) is 31.0 Å². The molecule has 1 aliphatic rings. The van der Waals surface area contributed by atoms with Gasteiger partial charge in [0.05, 0.1) is 0 Å². The third-order valence-electron chi connectivity index (χ3n) is 2.18. The minimum Gasteiger partial charge on any atom is -0.341 e. The van der Waals surface area contributed by atoms with Gasteiger partial charge in [-0.2, -0.15) is 11.8 Å². The van der Waals surface area contributed by atoms with Crippen molar-refractivity contribution in [2.45, 2.75) is 25.8 Å². The number of nitrogens with two attached hydrogens (primary N) is 1. The van der Waals surface area contributed by atoms with Gasteiger partial charge in [-0.15, -0.1) is 12.4 Å². The highest BCUT2D eigenvalue weighted by atomic mass is 35.5. The molecule has 5 heteroatoms. The summed E-state index contributed by atoms with van der Waals surface area (Å²) in [5.74, 6) is 2.45. The van der Waals surface area contributed by atoms with Gasteiger partial charge in [-0.3, -0.25) is 4.79 Å². The molecular weight excluding hydrogens is 220 g/mol. The summed E-state index contributed by atoms with van der Waals surface area (Å²) in [6.45, 7) is 3.78. The van der Waals surface area contributed by atoms with Gasteiger partial charge >= 0.3 is 0 Å². The zero-order valence-electron chi connectivity index (χ0n) is 8.57. The monoisotopic (exact) mass is 238 g/mol. The fraction of sp³-hybridized carbons (Fsp3) is 0.889. The second-order valence-corrected chi connectivity index (χ2v) is 4.73. The second kappa shape index (κ2) is 7.37. The molecule has 0 saturated carbocycles. The van der Waals surface area contributed by atoms with Crippen LogP contribution in [0.1, 0.15) is 19.8 Å². The van der Waals surface area contributed by atoms with E-state index in [1.807, 2.05) is 23.6 Å². The van der Waals surface area contributed by atoms with E-state index in [2.05, 4.69) is 0 Å². The highest BCUT2D eigenvalue weighted by molar-refractivity contribution is 7.99. The average Bonchev–Trinajstić information content (AvgIpc) is 2.15. The van der Waals surface area contributed by atoms with Crippen LogP contribution in [-0.4, -0.2) is 41.4 Å². The highest BCUT2D eigenvalue weighted by Crippen LogP contribution is 2.10. The van der Waals surface area contributed by atoms with Gasteiger partial charge < -0.3 is 10.6 Å². The van der Waals surface area contributed by atoms with Crippen LogP contribution in [0.25, 0.3) is 0 Å². The van der Waals surface area contributed by atoms with Crippen LogP contribution in [0.4, 0.5) is 0 Å². The van der Waals surface area contributed by atoms with Crippen molar-refractivity contribution in [3.63, 3.8) is 0 Å². The first-order chi connectivity index (χ1) is 6.20. The Kier molecular flexibility index (Phi) is 7.41. The van der Waals surface area contributed by atoms with Crippen LogP contribution >= 0.6 is 24.2 Å². The summed E-state index contributed by atoms with van der Waals surface area (Å²) in [5, 5.41) is 0. The van der Waals surface area contributed by atoms with Crippen LogP contribution in [0.3, 0.4) is 0 Å². The molecule has 0 aliphatic carbocycles. The van der Waals surface area contributed by atoms with Gasteiger partial charge in [-0.05, 0) is 13.3 Å². The van der Waals surface area contributed by atoms with E-state index in [0.29, 0.717) is 6.42 Å². The lowest BCUT2D eigenvalue weighted by Crippen LogP contribution is -2.38. The van der Waals surface area contributed by atoms with Crippen molar-refractivity contribution in [3.05, 3.63) is 0 Å². The molecule has 1 saturated heterocycles. The highest BCUT2D eigenvalue weighted by Gasteiger charge is 2.16. The molecule has 84 valence electrons. The lowest BCUT2D eigenvalue weighted by atomic mass is 10.2. The Morgan fingerprint density at radius 3 is 2.57 bits per heavy atom. The largest absolute Gasteiger partial charge is 0.341 e. The maximum atomic E-state index is 11.6. The molecule has 0 bridgehead atoms. The molecule has 1 fully saturated rings. The molecule has 1 unspecified atom stereocenters. The van der Waals surface area contributed by atoms with Gasteiger partial charge in [0.25, 0.3) is 0 Å². The Bertz CT molecular complexity index is 172. The molecular formula is C9H19ClN2OS. The van der Waals surface area contributed by atoms with Crippen LogP contribution in [0.5, 0.6) is 0 Å². The van der Waals surface area contributed by atoms with Gasteiger partial charge in [0.1, 0.15) is 0 Å². The van der Waals surface area contributed by atoms with Crippen molar-refractivity contribution >= 4 is 30.1 Å². The molecule has 0 aromatic carbocycles. The van der Waals surface area contributed by atoms with E-state index in [1.54, 1.807) is 0 Å². The number of carbonyl (C=O) groups is 1. The molecule has 0 aromatic rings. The van der Waals surface area contributed by atoms with Gasteiger partial charge in [0.15, 0.2) is 0 Å². The zero-order valence-corrected chi connectivity index (χ0v) is 10.2. The molecule has 1 amide bonds. The number of amides is 1.